The number of nitrogens with one attached hydrogen (secondary N) is 1. The number of hydrogen-bond donors (Lipinski definition) is 1. The molecule has 1 aliphatic heterocycles. The van der Waals surface area contributed by atoms with Crippen LogP contribution in [0.2, 0.25) is 0 Å². The highest BCUT2D eigenvalue weighted by atomic mass is 19.1. The summed E-state index contributed by atoms with van der Waals surface area (Å²) in [6, 6.07) is 2.35. The van der Waals surface area contributed by atoms with Crippen LogP contribution in [0.3, 0.4) is 0 Å². The van der Waals surface area contributed by atoms with Crippen LogP contribution in [0.5, 0.6) is 0 Å². The first-order valence-electron chi connectivity index (χ1n) is 7.78. The zero-order chi connectivity index (χ0) is 14.9. The van der Waals surface area contributed by atoms with Gasteiger partial charge in [-0.1, -0.05) is 0 Å². The monoisotopic (exact) mass is 293 g/mol. The van der Waals surface area contributed by atoms with Gasteiger partial charge in [0.2, 0.25) is 0 Å². The van der Waals surface area contributed by atoms with Crippen molar-refractivity contribution in [3.63, 3.8) is 0 Å². The van der Waals surface area contributed by atoms with Crippen LogP contribution in [0.15, 0.2) is 12.3 Å². The predicted molar refractivity (Wildman–Crippen MR) is 80.9 cm³/mol. The highest BCUT2D eigenvalue weighted by Gasteiger charge is 2.32. The minimum atomic E-state index is -0.214. The van der Waals surface area contributed by atoms with Crippen LogP contribution in [0.4, 0.5) is 10.2 Å². The van der Waals surface area contributed by atoms with E-state index in [1.165, 1.54) is 12.8 Å². The molecule has 1 atom stereocenters. The van der Waals surface area contributed by atoms with Crippen molar-refractivity contribution >= 4 is 5.82 Å². The van der Waals surface area contributed by atoms with E-state index in [0.717, 1.165) is 19.4 Å². The molecule has 21 heavy (non-hydrogen) atoms. The molecule has 1 saturated carbocycles. The second kappa shape index (κ2) is 5.89. The van der Waals surface area contributed by atoms with Crippen molar-refractivity contribution in [3.8, 4) is 0 Å². The lowest BCUT2D eigenvalue weighted by Gasteiger charge is -2.40. The standard InChI is InChI=1S/C16H24FN3O/c1-16(21-2)7-3-9-20(11-16)15-14(17)12(6-8-18-15)10-19-13-4-5-13/h6,8,13,19H,3-5,7,9-11H2,1-2H3. The van der Waals surface area contributed by atoms with Crippen LogP contribution in [0.1, 0.15) is 38.2 Å². The molecule has 0 radical (unpaired) electrons. The molecule has 3 rings (SSSR count). The Hall–Kier alpha value is -1.20. The fourth-order valence-corrected chi connectivity index (χ4v) is 2.92. The molecule has 1 aliphatic carbocycles. The highest BCUT2D eigenvalue weighted by Crippen LogP contribution is 2.29. The van der Waals surface area contributed by atoms with Gasteiger partial charge in [-0.25, -0.2) is 9.37 Å². The Morgan fingerprint density at radius 1 is 1.52 bits per heavy atom. The largest absolute Gasteiger partial charge is 0.377 e. The third-order valence-electron chi connectivity index (χ3n) is 4.56. The normalized spacial score (nSPS) is 26.1. The molecule has 0 bridgehead atoms. The summed E-state index contributed by atoms with van der Waals surface area (Å²) in [7, 11) is 1.73. The van der Waals surface area contributed by atoms with Gasteiger partial charge in [0.1, 0.15) is 0 Å². The van der Waals surface area contributed by atoms with Crippen molar-refractivity contribution in [1.82, 2.24) is 10.3 Å². The summed E-state index contributed by atoms with van der Waals surface area (Å²) in [4.78, 5) is 6.29. The number of pyridine rings is 1. The van der Waals surface area contributed by atoms with Gasteiger partial charge >= 0.3 is 0 Å². The minimum absolute atomic E-state index is 0.189. The summed E-state index contributed by atoms with van der Waals surface area (Å²) in [6.45, 7) is 4.19. The van der Waals surface area contributed by atoms with Crippen molar-refractivity contribution in [1.29, 1.82) is 0 Å². The van der Waals surface area contributed by atoms with Crippen LogP contribution in [-0.4, -0.2) is 36.8 Å². The number of aromatic nitrogens is 1. The Kier molecular flexibility index (Phi) is 4.13. The van der Waals surface area contributed by atoms with E-state index in [2.05, 4.69) is 17.2 Å². The molecule has 0 aromatic carbocycles. The Morgan fingerprint density at radius 2 is 2.33 bits per heavy atom. The van der Waals surface area contributed by atoms with E-state index in [4.69, 9.17) is 4.74 Å². The van der Waals surface area contributed by atoms with Crippen LogP contribution >= 0.6 is 0 Å². The minimum Gasteiger partial charge on any atom is -0.377 e. The molecule has 2 heterocycles. The van der Waals surface area contributed by atoms with Crippen LogP contribution in [0, 0.1) is 5.82 Å². The summed E-state index contributed by atoms with van der Waals surface area (Å²) in [6.07, 6.45) is 6.12. The number of methoxy groups -OCH3 is 1. The summed E-state index contributed by atoms with van der Waals surface area (Å²) in [5.41, 5.74) is 0.492. The van der Waals surface area contributed by atoms with Gasteiger partial charge in [-0.05, 0) is 38.7 Å². The lowest BCUT2D eigenvalue weighted by Crippen LogP contribution is -2.48. The van der Waals surface area contributed by atoms with Gasteiger partial charge in [0.15, 0.2) is 11.6 Å². The quantitative estimate of drug-likeness (QED) is 0.905. The smallest absolute Gasteiger partial charge is 0.170 e. The van der Waals surface area contributed by atoms with E-state index in [0.29, 0.717) is 30.5 Å². The molecule has 116 valence electrons. The molecular weight excluding hydrogens is 269 g/mol. The van der Waals surface area contributed by atoms with E-state index >= 15 is 0 Å². The van der Waals surface area contributed by atoms with Crippen molar-refractivity contribution in [3.05, 3.63) is 23.6 Å². The number of hydrogen-bond acceptors (Lipinski definition) is 4. The molecule has 1 aromatic heterocycles. The zero-order valence-electron chi connectivity index (χ0n) is 12.9. The number of nitrogens with zero attached hydrogens (tertiary/aromatic N) is 2. The summed E-state index contributed by atoms with van der Waals surface area (Å²) < 4.78 is 20.3. The molecule has 4 nitrogen and oxygen atoms in total. The number of anilines is 1. The van der Waals surface area contributed by atoms with E-state index in [-0.39, 0.29) is 11.4 Å². The fraction of sp³-hybridized carbons (Fsp3) is 0.688. The van der Waals surface area contributed by atoms with Crippen LogP contribution in [0.25, 0.3) is 0 Å². The molecule has 0 amide bonds. The summed E-state index contributed by atoms with van der Waals surface area (Å²) in [5, 5.41) is 3.36. The third-order valence-corrected chi connectivity index (χ3v) is 4.56. The molecule has 0 spiro atoms. The lowest BCUT2D eigenvalue weighted by atomic mass is 9.94. The van der Waals surface area contributed by atoms with E-state index in [1.807, 2.05) is 4.90 Å². The van der Waals surface area contributed by atoms with Crippen LogP contribution < -0.4 is 10.2 Å². The van der Waals surface area contributed by atoms with Crippen molar-refractivity contribution in [2.75, 3.05) is 25.1 Å². The number of piperidine rings is 1. The van der Waals surface area contributed by atoms with Crippen molar-refractivity contribution in [2.24, 2.45) is 0 Å². The zero-order valence-corrected chi connectivity index (χ0v) is 12.9. The fourth-order valence-electron chi connectivity index (χ4n) is 2.92. The molecule has 5 heteroatoms. The lowest BCUT2D eigenvalue weighted by molar-refractivity contribution is -0.00494. The van der Waals surface area contributed by atoms with E-state index in [1.54, 1.807) is 19.4 Å². The molecule has 2 aliphatic rings. The van der Waals surface area contributed by atoms with Crippen LogP contribution in [-0.2, 0) is 11.3 Å². The second-order valence-corrected chi connectivity index (χ2v) is 6.44. The molecular formula is C16H24FN3O. The molecule has 2 fully saturated rings. The Morgan fingerprint density at radius 3 is 3.05 bits per heavy atom. The van der Waals surface area contributed by atoms with Crippen molar-refractivity contribution in [2.45, 2.75) is 50.8 Å². The SMILES string of the molecule is COC1(C)CCCN(c2nccc(CNC3CC3)c2F)C1. The average molecular weight is 293 g/mol. The second-order valence-electron chi connectivity index (χ2n) is 6.44. The molecule has 1 N–H and O–H groups in total. The highest BCUT2D eigenvalue weighted by molar-refractivity contribution is 5.44. The Balaban J connectivity index is 1.75. The maximum absolute atomic E-state index is 14.7. The number of ether oxygens (including phenoxy) is 1. The molecule has 1 aromatic rings. The average Bonchev–Trinajstić information content (AvgIpc) is 3.30. The maximum Gasteiger partial charge on any atom is 0.170 e. The molecule has 1 unspecified atom stereocenters. The summed E-state index contributed by atoms with van der Waals surface area (Å²) in [5.74, 6) is 0.277. The van der Waals surface area contributed by atoms with Gasteiger partial charge in [0.25, 0.3) is 0 Å². The van der Waals surface area contributed by atoms with Gasteiger partial charge in [-0.2, -0.15) is 0 Å². The van der Waals surface area contributed by atoms with Gasteiger partial charge in [0, 0.05) is 44.5 Å². The summed E-state index contributed by atoms with van der Waals surface area (Å²) >= 11 is 0. The molecule has 1 saturated heterocycles. The van der Waals surface area contributed by atoms with E-state index < -0.39 is 0 Å². The maximum atomic E-state index is 14.7. The van der Waals surface area contributed by atoms with Gasteiger partial charge in [-0.15, -0.1) is 0 Å². The first-order valence-corrected chi connectivity index (χ1v) is 7.78. The first kappa shape index (κ1) is 14.7. The third kappa shape index (κ3) is 3.35. The Bertz CT molecular complexity index is 506. The van der Waals surface area contributed by atoms with Gasteiger partial charge < -0.3 is 15.0 Å². The first-order chi connectivity index (χ1) is 10.1. The van der Waals surface area contributed by atoms with Crippen molar-refractivity contribution < 1.29 is 9.13 Å². The number of halogens is 1. The topological polar surface area (TPSA) is 37.4 Å². The van der Waals surface area contributed by atoms with Gasteiger partial charge in [-0.3, -0.25) is 0 Å². The van der Waals surface area contributed by atoms with E-state index in [9.17, 15) is 4.39 Å². The predicted octanol–water partition coefficient (Wildman–Crippen LogP) is 2.48. The number of rotatable bonds is 5. The Labute approximate surface area is 125 Å². The van der Waals surface area contributed by atoms with Gasteiger partial charge in [0.05, 0.1) is 5.60 Å².